The number of hydrogen-bond donors (Lipinski definition) is 1. The molecule has 1 fully saturated rings. The van der Waals surface area contributed by atoms with Gasteiger partial charge in [0.15, 0.2) is 0 Å². The average Bonchev–Trinajstić information content (AvgIpc) is 2.29. The molecule has 0 unspecified atom stereocenters. The van der Waals surface area contributed by atoms with Crippen LogP contribution in [0.3, 0.4) is 0 Å². The largest absolute Gasteiger partial charge is 0.327 e. The van der Waals surface area contributed by atoms with Crippen LogP contribution in [-0.4, -0.2) is 31.9 Å². The number of aryl methyl sites for hydroxylation is 1. The first-order valence-electron chi connectivity index (χ1n) is 5.82. The molecule has 1 aromatic carbocycles. The van der Waals surface area contributed by atoms with Crippen LogP contribution < -0.4 is 5.73 Å². The summed E-state index contributed by atoms with van der Waals surface area (Å²) in [6.45, 7) is 2.94. The first-order valence-corrected chi connectivity index (χ1v) is 7.26. The molecular weight excluding hydrogens is 307 g/mol. The van der Waals surface area contributed by atoms with E-state index in [0.29, 0.717) is 18.0 Å². The van der Waals surface area contributed by atoms with Crippen molar-refractivity contribution >= 4 is 34.8 Å². The zero-order chi connectivity index (χ0) is 12.5. The summed E-state index contributed by atoms with van der Waals surface area (Å²) in [6, 6.07) is 6.91. The summed E-state index contributed by atoms with van der Waals surface area (Å²) >= 11 is 0. The number of piperidine rings is 1. The molecule has 0 bridgehead atoms. The van der Waals surface area contributed by atoms with Crippen LogP contribution in [0.1, 0.15) is 18.4 Å². The van der Waals surface area contributed by atoms with Gasteiger partial charge in [-0.15, -0.1) is 24.8 Å². The molecule has 1 aromatic rings. The predicted molar refractivity (Wildman–Crippen MR) is 81.6 cm³/mol. The summed E-state index contributed by atoms with van der Waals surface area (Å²) in [6.07, 6.45) is 1.74. The lowest BCUT2D eigenvalue weighted by Gasteiger charge is -2.29. The molecule has 1 heterocycles. The van der Waals surface area contributed by atoms with Crippen molar-refractivity contribution in [3.63, 3.8) is 0 Å². The molecule has 1 atom stereocenters. The van der Waals surface area contributed by atoms with Crippen LogP contribution in [0.2, 0.25) is 0 Å². The molecule has 0 amide bonds. The van der Waals surface area contributed by atoms with Crippen LogP contribution in [0.25, 0.3) is 0 Å². The number of halogens is 2. The van der Waals surface area contributed by atoms with Crippen LogP contribution in [-0.2, 0) is 10.0 Å². The highest BCUT2D eigenvalue weighted by Gasteiger charge is 2.28. The van der Waals surface area contributed by atoms with Crippen molar-refractivity contribution in [2.45, 2.75) is 30.7 Å². The Kier molecular flexibility index (Phi) is 7.32. The second-order valence-electron chi connectivity index (χ2n) is 4.58. The molecule has 0 aromatic heterocycles. The van der Waals surface area contributed by atoms with Gasteiger partial charge in [-0.25, -0.2) is 8.42 Å². The average molecular weight is 327 g/mol. The fourth-order valence-electron chi connectivity index (χ4n) is 2.05. The highest BCUT2D eigenvalue weighted by Crippen LogP contribution is 2.20. The summed E-state index contributed by atoms with van der Waals surface area (Å²) in [4.78, 5) is 0.359. The lowest BCUT2D eigenvalue weighted by Crippen LogP contribution is -2.45. The number of nitrogens with zero attached hydrogens (tertiary/aromatic N) is 1. The minimum Gasteiger partial charge on any atom is -0.327 e. The van der Waals surface area contributed by atoms with Crippen LogP contribution in [0.15, 0.2) is 29.2 Å². The van der Waals surface area contributed by atoms with E-state index in [4.69, 9.17) is 5.73 Å². The zero-order valence-corrected chi connectivity index (χ0v) is 13.2. The van der Waals surface area contributed by atoms with Gasteiger partial charge in [0.05, 0.1) is 4.90 Å². The first kappa shape index (κ1) is 18.7. The van der Waals surface area contributed by atoms with Gasteiger partial charge in [0.25, 0.3) is 0 Å². The van der Waals surface area contributed by atoms with Crippen LogP contribution in [0, 0.1) is 6.92 Å². The molecule has 2 rings (SSSR count). The van der Waals surface area contributed by atoms with Gasteiger partial charge < -0.3 is 5.73 Å². The number of hydrogen-bond acceptors (Lipinski definition) is 3. The minimum absolute atomic E-state index is 0. The summed E-state index contributed by atoms with van der Waals surface area (Å²) in [5.74, 6) is 0. The van der Waals surface area contributed by atoms with Gasteiger partial charge in [-0.05, 0) is 31.9 Å². The molecule has 1 aliphatic heterocycles. The summed E-state index contributed by atoms with van der Waals surface area (Å²) < 4.78 is 26.1. The van der Waals surface area contributed by atoms with E-state index in [0.717, 1.165) is 18.4 Å². The Bertz CT molecular complexity index is 491. The second kappa shape index (κ2) is 7.45. The van der Waals surface area contributed by atoms with E-state index in [1.54, 1.807) is 12.1 Å². The van der Waals surface area contributed by atoms with E-state index in [2.05, 4.69) is 0 Å². The standard InChI is InChI=1S/C12H18N2O2S.2ClH/c1-10-4-6-12(7-5-10)17(15,16)14-8-2-3-11(13)9-14;;/h4-7,11H,2-3,8-9,13H2,1H3;2*1H/t11-;;/m0../s1. The van der Waals surface area contributed by atoms with Gasteiger partial charge in [-0.1, -0.05) is 17.7 Å². The van der Waals surface area contributed by atoms with Gasteiger partial charge in [0, 0.05) is 19.1 Å². The molecule has 110 valence electrons. The van der Waals surface area contributed by atoms with Crippen molar-refractivity contribution in [1.82, 2.24) is 4.31 Å². The second-order valence-corrected chi connectivity index (χ2v) is 6.52. The highest BCUT2D eigenvalue weighted by molar-refractivity contribution is 7.89. The Hall–Kier alpha value is -0.330. The van der Waals surface area contributed by atoms with E-state index >= 15 is 0 Å². The quantitative estimate of drug-likeness (QED) is 0.903. The minimum atomic E-state index is -3.36. The predicted octanol–water partition coefficient (Wildman–Crippen LogP) is 1.95. The molecule has 0 spiro atoms. The van der Waals surface area contributed by atoms with Gasteiger partial charge in [-0.3, -0.25) is 0 Å². The Morgan fingerprint density at radius 1 is 1.21 bits per heavy atom. The molecule has 0 radical (unpaired) electrons. The SMILES string of the molecule is Cc1ccc(S(=O)(=O)N2CCC[C@H](N)C2)cc1.Cl.Cl. The van der Waals surface area contributed by atoms with Gasteiger partial charge in [0.1, 0.15) is 0 Å². The highest BCUT2D eigenvalue weighted by atomic mass is 35.5. The Morgan fingerprint density at radius 2 is 1.79 bits per heavy atom. The number of rotatable bonds is 2. The van der Waals surface area contributed by atoms with Gasteiger partial charge >= 0.3 is 0 Å². The van der Waals surface area contributed by atoms with Crippen molar-refractivity contribution in [1.29, 1.82) is 0 Å². The number of sulfonamides is 1. The Morgan fingerprint density at radius 3 is 2.32 bits per heavy atom. The Labute approximate surface area is 127 Å². The maximum atomic E-state index is 12.3. The van der Waals surface area contributed by atoms with E-state index in [1.807, 2.05) is 19.1 Å². The molecule has 0 aliphatic carbocycles. The third-order valence-corrected chi connectivity index (χ3v) is 4.96. The lowest BCUT2D eigenvalue weighted by molar-refractivity contribution is 0.316. The van der Waals surface area contributed by atoms with E-state index in [1.165, 1.54) is 4.31 Å². The monoisotopic (exact) mass is 326 g/mol. The molecule has 2 N–H and O–H groups in total. The number of nitrogens with two attached hydrogens (primary N) is 1. The molecule has 7 heteroatoms. The molecule has 4 nitrogen and oxygen atoms in total. The smallest absolute Gasteiger partial charge is 0.243 e. The van der Waals surface area contributed by atoms with E-state index in [9.17, 15) is 8.42 Å². The van der Waals surface area contributed by atoms with E-state index < -0.39 is 10.0 Å². The van der Waals surface area contributed by atoms with Gasteiger partial charge in [-0.2, -0.15) is 4.31 Å². The van der Waals surface area contributed by atoms with E-state index in [-0.39, 0.29) is 30.9 Å². The zero-order valence-electron chi connectivity index (χ0n) is 10.8. The molecule has 0 saturated carbocycles. The molecule has 1 saturated heterocycles. The fraction of sp³-hybridized carbons (Fsp3) is 0.500. The maximum Gasteiger partial charge on any atom is 0.243 e. The van der Waals surface area contributed by atoms with Gasteiger partial charge in [0.2, 0.25) is 10.0 Å². The lowest BCUT2D eigenvalue weighted by atomic mass is 10.1. The van der Waals surface area contributed by atoms with Crippen molar-refractivity contribution in [3.05, 3.63) is 29.8 Å². The van der Waals surface area contributed by atoms with Crippen LogP contribution >= 0.6 is 24.8 Å². The van der Waals surface area contributed by atoms with Crippen molar-refractivity contribution < 1.29 is 8.42 Å². The maximum absolute atomic E-state index is 12.3. The third-order valence-electron chi connectivity index (χ3n) is 3.08. The van der Waals surface area contributed by atoms with Crippen LogP contribution in [0.5, 0.6) is 0 Å². The van der Waals surface area contributed by atoms with Crippen LogP contribution in [0.4, 0.5) is 0 Å². The van der Waals surface area contributed by atoms with Crippen molar-refractivity contribution in [3.8, 4) is 0 Å². The summed E-state index contributed by atoms with van der Waals surface area (Å²) in [7, 11) is -3.36. The summed E-state index contributed by atoms with van der Waals surface area (Å²) in [5.41, 5.74) is 6.87. The topological polar surface area (TPSA) is 63.4 Å². The molecular formula is C12H20Cl2N2O2S. The normalized spacial score (nSPS) is 20.2. The summed E-state index contributed by atoms with van der Waals surface area (Å²) in [5, 5.41) is 0. The molecule has 19 heavy (non-hydrogen) atoms. The Balaban J connectivity index is 0.00000162. The van der Waals surface area contributed by atoms with Crippen molar-refractivity contribution in [2.75, 3.05) is 13.1 Å². The number of benzene rings is 1. The first-order chi connectivity index (χ1) is 8.00. The molecule has 1 aliphatic rings. The third kappa shape index (κ3) is 4.33. The fourth-order valence-corrected chi connectivity index (χ4v) is 3.59. The van der Waals surface area contributed by atoms with Crippen molar-refractivity contribution in [2.24, 2.45) is 5.73 Å².